The van der Waals surface area contributed by atoms with Crippen LogP contribution in [0.3, 0.4) is 0 Å². The first-order valence-corrected chi connectivity index (χ1v) is 6.66. The quantitative estimate of drug-likeness (QED) is 0.627. The third-order valence-electron chi connectivity index (χ3n) is 3.74. The Balaban J connectivity index is 2.02. The Kier molecular flexibility index (Phi) is 4.18. The summed E-state index contributed by atoms with van der Waals surface area (Å²) in [5, 5.41) is 0. The van der Waals surface area contributed by atoms with Gasteiger partial charge in [0.15, 0.2) is 0 Å². The SMILES string of the molecule is CC(N=C(N)c1ccccc1)C1CCCCC1. The largest absolute Gasteiger partial charge is 0.383 e. The number of nitrogens with two attached hydrogens (primary N) is 1. The molecule has 1 saturated carbocycles. The van der Waals surface area contributed by atoms with Gasteiger partial charge in [-0.3, -0.25) is 4.99 Å². The molecule has 17 heavy (non-hydrogen) atoms. The van der Waals surface area contributed by atoms with Crippen molar-refractivity contribution in [2.24, 2.45) is 16.6 Å². The normalized spacial score (nSPS) is 20.2. The van der Waals surface area contributed by atoms with E-state index in [4.69, 9.17) is 5.73 Å². The lowest BCUT2D eigenvalue weighted by Crippen LogP contribution is -2.23. The lowest BCUT2D eigenvalue weighted by molar-refractivity contribution is 0.318. The highest BCUT2D eigenvalue weighted by molar-refractivity contribution is 5.97. The Morgan fingerprint density at radius 1 is 1.18 bits per heavy atom. The van der Waals surface area contributed by atoms with Crippen molar-refractivity contribution in [1.29, 1.82) is 0 Å². The van der Waals surface area contributed by atoms with Gasteiger partial charge in [0.25, 0.3) is 0 Å². The molecule has 1 atom stereocenters. The van der Waals surface area contributed by atoms with Gasteiger partial charge in [0.1, 0.15) is 5.84 Å². The van der Waals surface area contributed by atoms with Gasteiger partial charge in [-0.2, -0.15) is 0 Å². The highest BCUT2D eigenvalue weighted by atomic mass is 14.9. The molecule has 1 aromatic carbocycles. The Labute approximate surface area is 104 Å². The average molecular weight is 230 g/mol. The summed E-state index contributed by atoms with van der Waals surface area (Å²) in [5.74, 6) is 1.41. The van der Waals surface area contributed by atoms with Gasteiger partial charge in [-0.05, 0) is 25.7 Å². The van der Waals surface area contributed by atoms with Gasteiger partial charge >= 0.3 is 0 Å². The minimum absolute atomic E-state index is 0.357. The molecule has 1 aliphatic carbocycles. The van der Waals surface area contributed by atoms with Crippen LogP contribution in [0.15, 0.2) is 35.3 Å². The van der Waals surface area contributed by atoms with Gasteiger partial charge in [-0.15, -0.1) is 0 Å². The lowest BCUT2D eigenvalue weighted by atomic mass is 9.85. The molecular formula is C15H22N2. The molecule has 0 radical (unpaired) electrons. The molecule has 2 nitrogen and oxygen atoms in total. The summed E-state index contributed by atoms with van der Waals surface area (Å²) in [6.45, 7) is 2.20. The van der Waals surface area contributed by atoms with E-state index in [0.717, 1.165) is 11.5 Å². The predicted molar refractivity (Wildman–Crippen MR) is 73.2 cm³/mol. The highest BCUT2D eigenvalue weighted by Gasteiger charge is 2.19. The van der Waals surface area contributed by atoms with E-state index in [1.165, 1.54) is 32.1 Å². The molecule has 0 bridgehead atoms. The standard InChI is InChI=1S/C15H22N2/c1-12(13-8-4-2-5-9-13)17-15(16)14-10-6-3-7-11-14/h3,6-7,10-13H,2,4-5,8-9H2,1H3,(H2,16,17). The van der Waals surface area contributed by atoms with Gasteiger partial charge < -0.3 is 5.73 Å². The van der Waals surface area contributed by atoms with Crippen LogP contribution < -0.4 is 5.73 Å². The van der Waals surface area contributed by atoms with E-state index in [0.29, 0.717) is 11.9 Å². The molecule has 0 aliphatic heterocycles. The second-order valence-electron chi connectivity index (χ2n) is 5.02. The molecule has 2 rings (SSSR count). The van der Waals surface area contributed by atoms with E-state index in [9.17, 15) is 0 Å². The molecular weight excluding hydrogens is 208 g/mol. The summed E-state index contributed by atoms with van der Waals surface area (Å²) in [5.41, 5.74) is 7.09. The van der Waals surface area contributed by atoms with Gasteiger partial charge in [-0.25, -0.2) is 0 Å². The van der Waals surface area contributed by atoms with Crippen LogP contribution in [0, 0.1) is 5.92 Å². The first kappa shape index (κ1) is 12.2. The number of amidine groups is 1. The van der Waals surface area contributed by atoms with E-state index in [1.54, 1.807) is 0 Å². The van der Waals surface area contributed by atoms with E-state index >= 15 is 0 Å². The first-order valence-electron chi connectivity index (χ1n) is 6.66. The summed E-state index contributed by atoms with van der Waals surface area (Å²) in [7, 11) is 0. The third kappa shape index (κ3) is 3.32. The second-order valence-corrected chi connectivity index (χ2v) is 5.02. The van der Waals surface area contributed by atoms with Crippen molar-refractivity contribution in [1.82, 2.24) is 0 Å². The summed E-state index contributed by atoms with van der Waals surface area (Å²) < 4.78 is 0. The molecule has 1 aromatic rings. The van der Waals surface area contributed by atoms with Crippen molar-refractivity contribution in [3.8, 4) is 0 Å². The third-order valence-corrected chi connectivity index (χ3v) is 3.74. The number of benzene rings is 1. The van der Waals surface area contributed by atoms with Gasteiger partial charge in [0.05, 0.1) is 6.04 Å². The van der Waals surface area contributed by atoms with Crippen molar-refractivity contribution in [3.63, 3.8) is 0 Å². The zero-order chi connectivity index (χ0) is 12.1. The molecule has 1 fully saturated rings. The number of nitrogens with zero attached hydrogens (tertiary/aromatic N) is 1. The van der Waals surface area contributed by atoms with Gasteiger partial charge in [-0.1, -0.05) is 49.6 Å². The second kappa shape index (κ2) is 5.85. The summed E-state index contributed by atoms with van der Waals surface area (Å²) in [6, 6.07) is 10.4. The monoisotopic (exact) mass is 230 g/mol. The Morgan fingerprint density at radius 3 is 2.47 bits per heavy atom. The van der Waals surface area contributed by atoms with E-state index in [2.05, 4.69) is 11.9 Å². The average Bonchev–Trinajstić information content (AvgIpc) is 2.40. The first-order chi connectivity index (χ1) is 8.27. The zero-order valence-corrected chi connectivity index (χ0v) is 10.6. The van der Waals surface area contributed by atoms with Crippen LogP contribution in [0.1, 0.15) is 44.6 Å². The molecule has 0 aromatic heterocycles. The zero-order valence-electron chi connectivity index (χ0n) is 10.6. The summed E-state index contributed by atoms with van der Waals surface area (Å²) in [6.07, 6.45) is 6.73. The van der Waals surface area contributed by atoms with Crippen LogP contribution in [-0.2, 0) is 0 Å². The van der Waals surface area contributed by atoms with Crippen LogP contribution in [-0.4, -0.2) is 11.9 Å². The molecule has 1 unspecified atom stereocenters. The molecule has 0 spiro atoms. The highest BCUT2D eigenvalue weighted by Crippen LogP contribution is 2.27. The predicted octanol–water partition coefficient (Wildman–Crippen LogP) is 3.36. The van der Waals surface area contributed by atoms with Crippen LogP contribution in [0.25, 0.3) is 0 Å². The lowest BCUT2D eigenvalue weighted by Gasteiger charge is -2.25. The van der Waals surface area contributed by atoms with Gasteiger partial charge in [0.2, 0.25) is 0 Å². The number of hydrogen-bond acceptors (Lipinski definition) is 1. The Bertz CT molecular complexity index is 364. The minimum atomic E-state index is 0.357. The maximum atomic E-state index is 6.05. The smallest absolute Gasteiger partial charge is 0.125 e. The van der Waals surface area contributed by atoms with Gasteiger partial charge in [0, 0.05) is 5.56 Å². The van der Waals surface area contributed by atoms with Crippen LogP contribution >= 0.6 is 0 Å². The van der Waals surface area contributed by atoms with Crippen LogP contribution in [0.2, 0.25) is 0 Å². The molecule has 2 heteroatoms. The maximum absolute atomic E-state index is 6.05. The van der Waals surface area contributed by atoms with Crippen LogP contribution in [0.4, 0.5) is 0 Å². The van der Waals surface area contributed by atoms with E-state index in [-0.39, 0.29) is 0 Å². The Hall–Kier alpha value is -1.31. The molecule has 92 valence electrons. The van der Waals surface area contributed by atoms with Crippen molar-refractivity contribution in [2.45, 2.75) is 45.1 Å². The fourth-order valence-electron chi connectivity index (χ4n) is 2.62. The summed E-state index contributed by atoms with van der Waals surface area (Å²) in [4.78, 5) is 4.67. The number of rotatable bonds is 3. The van der Waals surface area contributed by atoms with Crippen molar-refractivity contribution in [2.75, 3.05) is 0 Å². The molecule has 2 N–H and O–H groups in total. The summed E-state index contributed by atoms with van der Waals surface area (Å²) >= 11 is 0. The fraction of sp³-hybridized carbons (Fsp3) is 0.533. The topological polar surface area (TPSA) is 38.4 Å². The number of hydrogen-bond donors (Lipinski definition) is 1. The van der Waals surface area contributed by atoms with Crippen molar-refractivity contribution < 1.29 is 0 Å². The Morgan fingerprint density at radius 2 is 1.82 bits per heavy atom. The maximum Gasteiger partial charge on any atom is 0.125 e. The van der Waals surface area contributed by atoms with E-state index in [1.807, 2.05) is 30.3 Å². The molecule has 0 amide bonds. The van der Waals surface area contributed by atoms with Crippen molar-refractivity contribution >= 4 is 5.84 Å². The van der Waals surface area contributed by atoms with Crippen molar-refractivity contribution in [3.05, 3.63) is 35.9 Å². The molecule has 1 aliphatic rings. The fourth-order valence-corrected chi connectivity index (χ4v) is 2.62. The minimum Gasteiger partial charge on any atom is -0.383 e. The molecule has 0 saturated heterocycles. The van der Waals surface area contributed by atoms with E-state index < -0.39 is 0 Å². The van der Waals surface area contributed by atoms with Crippen LogP contribution in [0.5, 0.6) is 0 Å². The number of aliphatic imine (C=N–C) groups is 1. The molecule has 0 heterocycles.